The fourth-order valence-corrected chi connectivity index (χ4v) is 2.04. The van der Waals surface area contributed by atoms with Gasteiger partial charge in [0.25, 0.3) is 0 Å². The molecule has 1 aromatic heterocycles. The van der Waals surface area contributed by atoms with Crippen LogP contribution < -0.4 is 10.1 Å². The number of aryl methyl sites for hydroxylation is 2. The molecule has 108 valence electrons. The van der Waals surface area contributed by atoms with Crippen molar-refractivity contribution in [2.45, 2.75) is 20.8 Å². The van der Waals surface area contributed by atoms with Crippen LogP contribution in [0.15, 0.2) is 18.2 Å². The summed E-state index contributed by atoms with van der Waals surface area (Å²) in [4.78, 5) is 9.19. The Kier molecular flexibility index (Phi) is 4.39. The number of nitriles is 1. The van der Waals surface area contributed by atoms with Crippen LogP contribution in [0, 0.1) is 25.2 Å². The van der Waals surface area contributed by atoms with E-state index in [1.54, 1.807) is 25.3 Å². The summed E-state index contributed by atoms with van der Waals surface area (Å²) in [6.45, 7) is 6.59. The van der Waals surface area contributed by atoms with E-state index < -0.39 is 0 Å². The second-order valence-corrected chi connectivity index (χ2v) is 4.65. The molecule has 21 heavy (non-hydrogen) atoms. The van der Waals surface area contributed by atoms with Gasteiger partial charge < -0.3 is 10.1 Å². The lowest BCUT2D eigenvalue weighted by Crippen LogP contribution is -2.07. The van der Waals surface area contributed by atoms with Gasteiger partial charge in [-0.05, 0) is 39.0 Å². The third-order valence-corrected chi connectivity index (χ3v) is 3.23. The lowest BCUT2D eigenvalue weighted by atomic mass is 10.1. The summed E-state index contributed by atoms with van der Waals surface area (Å²) in [5.41, 5.74) is 3.77. The molecule has 0 spiro atoms. The summed E-state index contributed by atoms with van der Waals surface area (Å²) in [5.74, 6) is 1.37. The van der Waals surface area contributed by atoms with E-state index in [2.05, 4.69) is 21.4 Å². The maximum absolute atomic E-state index is 9.10. The number of anilines is 1. The molecule has 0 fully saturated rings. The lowest BCUT2D eigenvalue weighted by Gasteiger charge is -2.14. The second kappa shape index (κ2) is 6.23. The molecule has 0 radical (unpaired) electrons. The summed E-state index contributed by atoms with van der Waals surface area (Å²) in [5, 5.41) is 12.3. The van der Waals surface area contributed by atoms with E-state index in [-0.39, 0.29) is 0 Å². The van der Waals surface area contributed by atoms with E-state index in [1.165, 1.54) is 0 Å². The zero-order chi connectivity index (χ0) is 15.4. The zero-order valence-electron chi connectivity index (χ0n) is 12.7. The van der Waals surface area contributed by atoms with Gasteiger partial charge in [0.15, 0.2) is 5.82 Å². The summed E-state index contributed by atoms with van der Waals surface area (Å²) >= 11 is 0. The van der Waals surface area contributed by atoms with Gasteiger partial charge in [-0.25, -0.2) is 9.97 Å². The Morgan fingerprint density at radius 1 is 1.24 bits per heavy atom. The van der Waals surface area contributed by atoms with Gasteiger partial charge in [-0.1, -0.05) is 0 Å². The van der Waals surface area contributed by atoms with Crippen molar-refractivity contribution in [3.8, 4) is 23.1 Å². The highest BCUT2D eigenvalue weighted by Crippen LogP contribution is 2.34. The highest BCUT2D eigenvalue weighted by molar-refractivity contribution is 5.77. The molecule has 0 aliphatic rings. The summed E-state index contributed by atoms with van der Waals surface area (Å²) in [6, 6.07) is 7.42. The van der Waals surface area contributed by atoms with E-state index in [0.29, 0.717) is 22.8 Å². The predicted molar refractivity (Wildman–Crippen MR) is 82.4 cm³/mol. The van der Waals surface area contributed by atoms with Crippen LogP contribution in [0.25, 0.3) is 11.3 Å². The van der Waals surface area contributed by atoms with Crippen molar-refractivity contribution < 1.29 is 4.74 Å². The topological polar surface area (TPSA) is 70.8 Å². The quantitative estimate of drug-likeness (QED) is 0.933. The van der Waals surface area contributed by atoms with Crippen LogP contribution >= 0.6 is 0 Å². The van der Waals surface area contributed by atoms with Crippen molar-refractivity contribution >= 4 is 5.82 Å². The number of benzene rings is 1. The number of hydrogen-bond acceptors (Lipinski definition) is 5. The van der Waals surface area contributed by atoms with Crippen molar-refractivity contribution in [3.63, 3.8) is 0 Å². The largest absolute Gasteiger partial charge is 0.496 e. The molecule has 1 heterocycles. The van der Waals surface area contributed by atoms with Crippen LogP contribution in [0.1, 0.15) is 23.9 Å². The van der Waals surface area contributed by atoms with Crippen LogP contribution in [0.5, 0.6) is 5.75 Å². The Morgan fingerprint density at radius 3 is 2.57 bits per heavy atom. The number of nitrogens with one attached hydrogen (secondary N) is 1. The predicted octanol–water partition coefficient (Wildman–Crippen LogP) is 3.07. The lowest BCUT2D eigenvalue weighted by molar-refractivity contribution is 0.416. The van der Waals surface area contributed by atoms with Gasteiger partial charge in [0.2, 0.25) is 0 Å². The molecule has 0 amide bonds. The number of aromatic nitrogens is 2. The van der Waals surface area contributed by atoms with E-state index in [0.717, 1.165) is 23.5 Å². The number of methoxy groups -OCH3 is 1. The van der Waals surface area contributed by atoms with Crippen LogP contribution in [0.2, 0.25) is 0 Å². The molecule has 0 unspecified atom stereocenters. The zero-order valence-corrected chi connectivity index (χ0v) is 12.7. The van der Waals surface area contributed by atoms with E-state index in [1.807, 2.05) is 20.8 Å². The molecule has 2 aromatic rings. The monoisotopic (exact) mass is 282 g/mol. The van der Waals surface area contributed by atoms with Crippen LogP contribution in [-0.2, 0) is 0 Å². The molecular formula is C16H18N4O. The van der Waals surface area contributed by atoms with Gasteiger partial charge in [0, 0.05) is 12.1 Å². The maximum atomic E-state index is 9.10. The molecule has 1 aromatic carbocycles. The van der Waals surface area contributed by atoms with E-state index in [4.69, 9.17) is 10.00 Å². The maximum Gasteiger partial charge on any atom is 0.153 e. The molecule has 0 atom stereocenters. The van der Waals surface area contributed by atoms with Gasteiger partial charge in [-0.15, -0.1) is 0 Å². The SMILES string of the molecule is CCNc1nc(C)c(C)nc1-c1cc(C#N)ccc1OC. The molecule has 1 N–H and O–H groups in total. The number of hydrogen-bond donors (Lipinski definition) is 1. The van der Waals surface area contributed by atoms with Crippen molar-refractivity contribution in [2.75, 3.05) is 19.0 Å². The number of nitrogens with zero attached hydrogens (tertiary/aromatic N) is 3. The average molecular weight is 282 g/mol. The first-order valence-electron chi connectivity index (χ1n) is 6.78. The summed E-state index contributed by atoms with van der Waals surface area (Å²) in [7, 11) is 1.60. The third-order valence-electron chi connectivity index (χ3n) is 3.23. The summed E-state index contributed by atoms with van der Waals surface area (Å²) < 4.78 is 5.40. The van der Waals surface area contributed by atoms with Crippen LogP contribution in [-0.4, -0.2) is 23.6 Å². The first kappa shape index (κ1) is 14.8. The van der Waals surface area contributed by atoms with Gasteiger partial charge in [-0.3, -0.25) is 0 Å². The van der Waals surface area contributed by atoms with Crippen molar-refractivity contribution in [2.24, 2.45) is 0 Å². The number of rotatable bonds is 4. The second-order valence-electron chi connectivity index (χ2n) is 4.65. The Labute approximate surface area is 124 Å². The molecule has 5 heteroatoms. The average Bonchev–Trinajstić information content (AvgIpc) is 2.50. The van der Waals surface area contributed by atoms with Crippen LogP contribution in [0.4, 0.5) is 5.82 Å². The fraction of sp³-hybridized carbons (Fsp3) is 0.312. The van der Waals surface area contributed by atoms with E-state index >= 15 is 0 Å². The first-order valence-corrected chi connectivity index (χ1v) is 6.78. The molecule has 5 nitrogen and oxygen atoms in total. The molecule has 0 aliphatic carbocycles. The number of ether oxygens (including phenoxy) is 1. The van der Waals surface area contributed by atoms with Gasteiger partial charge in [0.05, 0.1) is 30.1 Å². The van der Waals surface area contributed by atoms with Crippen molar-refractivity contribution in [3.05, 3.63) is 35.2 Å². The molecule has 0 saturated carbocycles. The Morgan fingerprint density at radius 2 is 1.95 bits per heavy atom. The third kappa shape index (κ3) is 2.95. The molecule has 0 aliphatic heterocycles. The standard InChI is InChI=1S/C16H18N4O/c1-5-18-16-15(19-10(2)11(3)20-16)13-8-12(9-17)6-7-14(13)21-4/h6-8H,5H2,1-4H3,(H,18,20). The molecule has 0 bridgehead atoms. The van der Waals surface area contributed by atoms with Gasteiger partial charge in [0.1, 0.15) is 11.4 Å². The smallest absolute Gasteiger partial charge is 0.153 e. The molecule has 2 rings (SSSR count). The van der Waals surface area contributed by atoms with Gasteiger partial charge >= 0.3 is 0 Å². The normalized spacial score (nSPS) is 10.0. The summed E-state index contributed by atoms with van der Waals surface area (Å²) in [6.07, 6.45) is 0. The van der Waals surface area contributed by atoms with Gasteiger partial charge in [-0.2, -0.15) is 5.26 Å². The highest BCUT2D eigenvalue weighted by Gasteiger charge is 2.15. The Balaban J connectivity index is 2.70. The molecular weight excluding hydrogens is 264 g/mol. The Hall–Kier alpha value is -2.61. The highest BCUT2D eigenvalue weighted by atomic mass is 16.5. The van der Waals surface area contributed by atoms with Crippen molar-refractivity contribution in [1.29, 1.82) is 5.26 Å². The minimum atomic E-state index is 0.563. The molecule has 0 saturated heterocycles. The van der Waals surface area contributed by atoms with Crippen molar-refractivity contribution in [1.82, 2.24) is 9.97 Å². The minimum absolute atomic E-state index is 0.563. The first-order chi connectivity index (χ1) is 10.1. The Bertz CT molecular complexity index is 704. The van der Waals surface area contributed by atoms with E-state index in [9.17, 15) is 0 Å². The van der Waals surface area contributed by atoms with Crippen LogP contribution in [0.3, 0.4) is 0 Å². The minimum Gasteiger partial charge on any atom is -0.496 e. The fourth-order valence-electron chi connectivity index (χ4n) is 2.04.